The lowest BCUT2D eigenvalue weighted by atomic mass is 9.75. The van der Waals surface area contributed by atoms with E-state index < -0.39 is 17.9 Å². The molecule has 1 aliphatic carbocycles. The number of hydrogen-bond acceptors (Lipinski definition) is 3. The van der Waals surface area contributed by atoms with E-state index in [-0.39, 0.29) is 36.9 Å². The lowest BCUT2D eigenvalue weighted by Crippen LogP contribution is -2.38. The summed E-state index contributed by atoms with van der Waals surface area (Å²) >= 11 is 0. The standard InChI is InChI=1S/C13H16F4N2O.C2H6/c1-3-10-11(14)12(19-7(2)18-10)20-6-8-4-9(5-8)13(15,16)17;1-2/h8-9H,3-6H2,1-2H3;1-2H3. The van der Waals surface area contributed by atoms with Gasteiger partial charge in [-0.25, -0.2) is 4.98 Å². The number of halogens is 4. The smallest absolute Gasteiger partial charge is 0.391 e. The van der Waals surface area contributed by atoms with Crippen LogP contribution in [0.25, 0.3) is 0 Å². The second-order valence-corrected chi connectivity index (χ2v) is 5.08. The van der Waals surface area contributed by atoms with Crippen LogP contribution in [0.1, 0.15) is 45.1 Å². The Hall–Kier alpha value is -1.40. The van der Waals surface area contributed by atoms with Crippen molar-refractivity contribution in [2.45, 2.75) is 53.1 Å². The fourth-order valence-corrected chi connectivity index (χ4v) is 2.25. The third-order valence-corrected chi connectivity index (χ3v) is 3.49. The quantitative estimate of drug-likeness (QED) is 0.767. The van der Waals surface area contributed by atoms with Gasteiger partial charge in [0.15, 0.2) is 0 Å². The van der Waals surface area contributed by atoms with Crippen LogP contribution in [0.2, 0.25) is 0 Å². The number of rotatable bonds is 4. The molecule has 0 atom stereocenters. The highest BCUT2D eigenvalue weighted by Crippen LogP contribution is 2.44. The highest BCUT2D eigenvalue weighted by molar-refractivity contribution is 5.19. The average molecular weight is 322 g/mol. The van der Waals surface area contributed by atoms with Gasteiger partial charge in [-0.1, -0.05) is 20.8 Å². The molecule has 0 aliphatic heterocycles. The molecule has 1 aliphatic rings. The molecule has 0 N–H and O–H groups in total. The van der Waals surface area contributed by atoms with E-state index in [1.807, 2.05) is 13.8 Å². The minimum absolute atomic E-state index is 0.0375. The van der Waals surface area contributed by atoms with Gasteiger partial charge in [0.1, 0.15) is 5.82 Å². The molecule has 1 fully saturated rings. The van der Waals surface area contributed by atoms with E-state index in [1.54, 1.807) is 13.8 Å². The Labute approximate surface area is 128 Å². The fraction of sp³-hybridized carbons (Fsp3) is 0.733. The summed E-state index contributed by atoms with van der Waals surface area (Å²) in [6.07, 6.45) is -3.65. The maximum Gasteiger partial charge on any atom is 0.391 e. The molecule has 0 radical (unpaired) electrons. The lowest BCUT2D eigenvalue weighted by Gasteiger charge is -2.36. The molecule has 0 unspecified atom stereocenters. The van der Waals surface area contributed by atoms with Gasteiger partial charge >= 0.3 is 6.18 Å². The maximum atomic E-state index is 13.9. The van der Waals surface area contributed by atoms with Crippen molar-refractivity contribution in [2.75, 3.05) is 6.61 Å². The molecule has 1 saturated carbocycles. The molecule has 126 valence electrons. The number of aromatic nitrogens is 2. The van der Waals surface area contributed by atoms with E-state index in [0.717, 1.165) is 0 Å². The van der Waals surface area contributed by atoms with Crippen LogP contribution in [-0.2, 0) is 6.42 Å². The zero-order valence-corrected chi connectivity index (χ0v) is 13.3. The number of aryl methyl sites for hydroxylation is 2. The summed E-state index contributed by atoms with van der Waals surface area (Å²) in [4.78, 5) is 7.79. The van der Waals surface area contributed by atoms with Gasteiger partial charge in [-0.3, -0.25) is 0 Å². The van der Waals surface area contributed by atoms with E-state index in [2.05, 4.69) is 9.97 Å². The molecule has 0 aromatic carbocycles. The van der Waals surface area contributed by atoms with Crippen LogP contribution in [0.3, 0.4) is 0 Å². The van der Waals surface area contributed by atoms with Gasteiger partial charge in [-0.15, -0.1) is 0 Å². The molecule has 1 heterocycles. The van der Waals surface area contributed by atoms with Crippen molar-refractivity contribution in [2.24, 2.45) is 11.8 Å². The summed E-state index contributed by atoms with van der Waals surface area (Å²) in [5.74, 6) is -1.84. The zero-order valence-electron chi connectivity index (χ0n) is 13.3. The van der Waals surface area contributed by atoms with Crippen molar-refractivity contribution in [3.63, 3.8) is 0 Å². The third-order valence-electron chi connectivity index (χ3n) is 3.49. The highest BCUT2D eigenvalue weighted by Gasteiger charge is 2.47. The molecule has 1 aromatic heterocycles. The highest BCUT2D eigenvalue weighted by atomic mass is 19.4. The summed E-state index contributed by atoms with van der Waals surface area (Å²) < 4.78 is 56.1. The van der Waals surface area contributed by atoms with E-state index in [0.29, 0.717) is 12.2 Å². The molecular weight excluding hydrogens is 300 g/mol. The maximum absolute atomic E-state index is 13.9. The topological polar surface area (TPSA) is 35.0 Å². The van der Waals surface area contributed by atoms with Crippen LogP contribution in [0, 0.1) is 24.6 Å². The SMILES string of the molecule is CC.CCc1nc(C)nc(OCC2CC(C(F)(F)F)C2)c1F. The van der Waals surface area contributed by atoms with Crippen molar-refractivity contribution in [3.05, 3.63) is 17.3 Å². The van der Waals surface area contributed by atoms with Gasteiger partial charge in [0.05, 0.1) is 18.2 Å². The molecule has 2 rings (SSSR count). The first kappa shape index (κ1) is 18.6. The van der Waals surface area contributed by atoms with Crippen LogP contribution in [0.4, 0.5) is 17.6 Å². The van der Waals surface area contributed by atoms with Crippen molar-refractivity contribution < 1.29 is 22.3 Å². The molecule has 1 aromatic rings. The monoisotopic (exact) mass is 322 g/mol. The van der Waals surface area contributed by atoms with E-state index in [4.69, 9.17) is 4.74 Å². The second-order valence-electron chi connectivity index (χ2n) is 5.08. The zero-order chi connectivity index (χ0) is 16.9. The first-order chi connectivity index (χ1) is 10.3. The number of ether oxygens (including phenoxy) is 1. The number of hydrogen-bond donors (Lipinski definition) is 0. The minimum atomic E-state index is -4.14. The molecule has 0 spiro atoms. The Morgan fingerprint density at radius 2 is 1.77 bits per heavy atom. The van der Waals surface area contributed by atoms with Crippen LogP contribution < -0.4 is 4.74 Å². The van der Waals surface area contributed by atoms with Crippen molar-refractivity contribution >= 4 is 0 Å². The Morgan fingerprint density at radius 1 is 1.18 bits per heavy atom. The van der Waals surface area contributed by atoms with Gasteiger partial charge in [0, 0.05) is 0 Å². The van der Waals surface area contributed by atoms with Crippen LogP contribution in [-0.4, -0.2) is 22.8 Å². The van der Waals surface area contributed by atoms with Crippen LogP contribution in [0.15, 0.2) is 0 Å². The average Bonchev–Trinajstić information content (AvgIpc) is 2.41. The summed E-state index contributed by atoms with van der Waals surface area (Å²) in [6.45, 7) is 7.44. The largest absolute Gasteiger partial charge is 0.475 e. The number of alkyl halides is 3. The van der Waals surface area contributed by atoms with Crippen LogP contribution >= 0.6 is 0 Å². The van der Waals surface area contributed by atoms with E-state index >= 15 is 0 Å². The molecule has 22 heavy (non-hydrogen) atoms. The predicted octanol–water partition coefficient (Wildman–Crippen LogP) is 4.48. The van der Waals surface area contributed by atoms with Crippen molar-refractivity contribution in [1.82, 2.24) is 9.97 Å². The Bertz CT molecular complexity index is 485. The van der Waals surface area contributed by atoms with Crippen molar-refractivity contribution in [1.29, 1.82) is 0 Å². The molecule has 0 saturated heterocycles. The Kier molecular flexibility index (Phi) is 6.56. The normalized spacial score (nSPS) is 20.7. The minimum Gasteiger partial charge on any atom is -0.475 e. The van der Waals surface area contributed by atoms with Gasteiger partial charge < -0.3 is 4.74 Å². The Morgan fingerprint density at radius 3 is 2.27 bits per heavy atom. The first-order valence-electron chi connectivity index (χ1n) is 7.53. The van der Waals surface area contributed by atoms with E-state index in [9.17, 15) is 17.6 Å². The number of nitrogens with zero attached hydrogens (tertiary/aromatic N) is 2. The fourth-order valence-electron chi connectivity index (χ4n) is 2.25. The molecule has 0 bridgehead atoms. The molecule has 3 nitrogen and oxygen atoms in total. The summed E-state index contributed by atoms with van der Waals surface area (Å²) in [6, 6.07) is 0. The van der Waals surface area contributed by atoms with Crippen molar-refractivity contribution in [3.8, 4) is 5.88 Å². The van der Waals surface area contributed by atoms with Crippen LogP contribution in [0.5, 0.6) is 5.88 Å². The summed E-state index contributed by atoms with van der Waals surface area (Å²) in [5.41, 5.74) is 0.259. The Balaban J connectivity index is 0.00000116. The molecular formula is C15H22F4N2O. The molecule has 0 amide bonds. The van der Waals surface area contributed by atoms with Gasteiger partial charge in [-0.2, -0.15) is 22.5 Å². The lowest BCUT2D eigenvalue weighted by molar-refractivity contribution is -0.206. The summed E-state index contributed by atoms with van der Waals surface area (Å²) in [5, 5.41) is 0. The first-order valence-corrected chi connectivity index (χ1v) is 7.53. The predicted molar refractivity (Wildman–Crippen MR) is 75.2 cm³/mol. The van der Waals surface area contributed by atoms with Gasteiger partial charge in [-0.05, 0) is 32.1 Å². The molecule has 7 heteroatoms. The van der Waals surface area contributed by atoms with Gasteiger partial charge in [0.2, 0.25) is 5.82 Å². The summed E-state index contributed by atoms with van der Waals surface area (Å²) in [7, 11) is 0. The van der Waals surface area contributed by atoms with E-state index in [1.165, 1.54) is 0 Å². The second kappa shape index (κ2) is 7.74. The third kappa shape index (κ3) is 4.55. The van der Waals surface area contributed by atoms with Gasteiger partial charge in [0.25, 0.3) is 5.88 Å².